The largest absolute Gasteiger partial charge is 0.369 e. The molecule has 0 saturated heterocycles. The molecule has 0 N–H and O–H groups in total. The molecule has 2 aromatic carbocycles. The summed E-state index contributed by atoms with van der Waals surface area (Å²) in [6, 6.07) is 15.1. The molecule has 22 heavy (non-hydrogen) atoms. The van der Waals surface area contributed by atoms with Crippen molar-refractivity contribution in [3.05, 3.63) is 53.6 Å². The van der Waals surface area contributed by atoms with E-state index in [-0.39, 0.29) is 0 Å². The van der Waals surface area contributed by atoms with Gasteiger partial charge in [0.05, 0.1) is 10.7 Å². The summed E-state index contributed by atoms with van der Waals surface area (Å²) in [5, 5.41) is 8.94. The van der Waals surface area contributed by atoms with Crippen molar-refractivity contribution < 1.29 is 0 Å². The summed E-state index contributed by atoms with van der Waals surface area (Å²) in [7, 11) is 0. The van der Waals surface area contributed by atoms with Gasteiger partial charge in [-0.05, 0) is 36.4 Å². The van der Waals surface area contributed by atoms with Gasteiger partial charge in [-0.1, -0.05) is 23.7 Å². The number of alkyl halides is 2. The summed E-state index contributed by atoms with van der Waals surface area (Å²) in [5.74, 6) is 1.12. The van der Waals surface area contributed by atoms with Gasteiger partial charge in [0, 0.05) is 30.5 Å². The minimum atomic E-state index is 0.560. The second kappa shape index (κ2) is 8.99. The maximum absolute atomic E-state index is 6.04. The lowest BCUT2D eigenvalue weighted by Gasteiger charge is -2.22. The molecule has 0 heterocycles. The van der Waals surface area contributed by atoms with Crippen molar-refractivity contribution in [2.75, 3.05) is 29.7 Å². The van der Waals surface area contributed by atoms with Crippen LogP contribution in [0.25, 0.3) is 0 Å². The number of hydrogen-bond donors (Lipinski definition) is 0. The SMILES string of the molecule is ClCCN(CCCl)c1ccc(N=Nc2ccccc2Cl)cc1. The zero-order valence-electron chi connectivity index (χ0n) is 11.9. The number of halogens is 3. The first-order valence-corrected chi connectivity index (χ1v) is 8.32. The van der Waals surface area contributed by atoms with E-state index < -0.39 is 0 Å². The fourth-order valence-electron chi connectivity index (χ4n) is 1.95. The van der Waals surface area contributed by atoms with Crippen LogP contribution in [0.4, 0.5) is 17.1 Å². The summed E-state index contributed by atoms with van der Waals surface area (Å²) in [5.41, 5.74) is 2.48. The van der Waals surface area contributed by atoms with Gasteiger partial charge >= 0.3 is 0 Å². The molecule has 0 atom stereocenters. The van der Waals surface area contributed by atoms with Crippen molar-refractivity contribution in [3.8, 4) is 0 Å². The van der Waals surface area contributed by atoms with Gasteiger partial charge in [0.2, 0.25) is 0 Å². The number of anilines is 1. The van der Waals surface area contributed by atoms with Gasteiger partial charge in [0.15, 0.2) is 0 Å². The van der Waals surface area contributed by atoms with Crippen molar-refractivity contribution in [2.24, 2.45) is 10.2 Å². The molecule has 0 saturated carbocycles. The zero-order chi connectivity index (χ0) is 15.8. The molecular formula is C16H16Cl3N3. The third-order valence-corrected chi connectivity index (χ3v) is 3.71. The molecular weight excluding hydrogens is 341 g/mol. The van der Waals surface area contributed by atoms with Gasteiger partial charge in [-0.25, -0.2) is 0 Å². The van der Waals surface area contributed by atoms with Gasteiger partial charge in [0.1, 0.15) is 5.69 Å². The molecule has 0 unspecified atom stereocenters. The monoisotopic (exact) mass is 355 g/mol. The Morgan fingerprint density at radius 1 is 0.818 bits per heavy atom. The van der Waals surface area contributed by atoms with Crippen LogP contribution >= 0.6 is 34.8 Å². The van der Waals surface area contributed by atoms with E-state index >= 15 is 0 Å². The van der Waals surface area contributed by atoms with E-state index in [9.17, 15) is 0 Å². The maximum atomic E-state index is 6.04. The normalized spacial score (nSPS) is 11.0. The Morgan fingerprint density at radius 3 is 2.05 bits per heavy atom. The molecule has 0 aliphatic rings. The second-order valence-electron chi connectivity index (χ2n) is 4.53. The predicted octanol–water partition coefficient (Wildman–Crippen LogP) is 6.04. The van der Waals surface area contributed by atoms with Crippen LogP contribution in [-0.2, 0) is 0 Å². The van der Waals surface area contributed by atoms with E-state index in [2.05, 4.69) is 15.1 Å². The van der Waals surface area contributed by atoms with Crippen LogP contribution in [-0.4, -0.2) is 24.8 Å². The van der Waals surface area contributed by atoms with Crippen LogP contribution in [0.1, 0.15) is 0 Å². The van der Waals surface area contributed by atoms with E-state index in [0.717, 1.165) is 24.5 Å². The van der Waals surface area contributed by atoms with Crippen LogP contribution in [0, 0.1) is 0 Å². The molecule has 116 valence electrons. The Bertz CT molecular complexity index is 608. The Kier molecular flexibility index (Phi) is 6.97. The van der Waals surface area contributed by atoms with Crippen LogP contribution < -0.4 is 4.90 Å². The van der Waals surface area contributed by atoms with Crippen molar-refractivity contribution in [1.82, 2.24) is 0 Å². The van der Waals surface area contributed by atoms with E-state index in [1.54, 1.807) is 6.07 Å². The van der Waals surface area contributed by atoms with Gasteiger partial charge < -0.3 is 4.90 Å². The van der Waals surface area contributed by atoms with Crippen molar-refractivity contribution in [2.45, 2.75) is 0 Å². The minimum Gasteiger partial charge on any atom is -0.369 e. The lowest BCUT2D eigenvalue weighted by Crippen LogP contribution is -2.27. The van der Waals surface area contributed by atoms with Crippen LogP contribution in [0.15, 0.2) is 58.8 Å². The van der Waals surface area contributed by atoms with Crippen LogP contribution in [0.3, 0.4) is 0 Å². The summed E-state index contributed by atoms with van der Waals surface area (Å²) in [6.45, 7) is 1.52. The first-order valence-electron chi connectivity index (χ1n) is 6.88. The van der Waals surface area contributed by atoms with Crippen LogP contribution in [0.5, 0.6) is 0 Å². The molecule has 0 amide bonds. The molecule has 0 aromatic heterocycles. The average Bonchev–Trinajstić information content (AvgIpc) is 2.54. The highest BCUT2D eigenvalue weighted by Crippen LogP contribution is 2.27. The summed E-state index contributed by atoms with van der Waals surface area (Å²) < 4.78 is 0. The smallest absolute Gasteiger partial charge is 0.104 e. The second-order valence-corrected chi connectivity index (χ2v) is 5.70. The average molecular weight is 357 g/mol. The molecule has 6 heteroatoms. The topological polar surface area (TPSA) is 28.0 Å². The third-order valence-electron chi connectivity index (χ3n) is 3.05. The van der Waals surface area contributed by atoms with Crippen molar-refractivity contribution in [3.63, 3.8) is 0 Å². The lowest BCUT2D eigenvalue weighted by molar-refractivity contribution is 0.874. The van der Waals surface area contributed by atoms with E-state index in [0.29, 0.717) is 22.5 Å². The van der Waals surface area contributed by atoms with Crippen molar-refractivity contribution >= 4 is 51.9 Å². The molecule has 0 fully saturated rings. The lowest BCUT2D eigenvalue weighted by atomic mass is 10.2. The molecule has 3 nitrogen and oxygen atoms in total. The first kappa shape index (κ1) is 17.1. The molecule has 2 rings (SSSR count). The maximum Gasteiger partial charge on any atom is 0.104 e. The molecule has 2 aromatic rings. The van der Waals surface area contributed by atoms with Gasteiger partial charge in [-0.15, -0.1) is 28.3 Å². The number of hydrogen-bond acceptors (Lipinski definition) is 3. The van der Waals surface area contributed by atoms with Gasteiger partial charge in [-0.3, -0.25) is 0 Å². The number of rotatable bonds is 7. The fraction of sp³-hybridized carbons (Fsp3) is 0.250. The Hall–Kier alpha value is -1.29. The Balaban J connectivity index is 2.10. The highest BCUT2D eigenvalue weighted by atomic mass is 35.5. The van der Waals surface area contributed by atoms with Gasteiger partial charge in [0.25, 0.3) is 0 Å². The Labute approximate surface area is 145 Å². The fourth-order valence-corrected chi connectivity index (χ4v) is 2.53. The summed E-state index contributed by atoms with van der Waals surface area (Å²) in [6.07, 6.45) is 0. The van der Waals surface area contributed by atoms with Gasteiger partial charge in [-0.2, -0.15) is 5.11 Å². The van der Waals surface area contributed by atoms with E-state index in [1.807, 2.05) is 42.5 Å². The quantitative estimate of drug-likeness (QED) is 0.439. The number of nitrogens with zero attached hydrogens (tertiary/aromatic N) is 3. The first-order chi connectivity index (χ1) is 10.7. The number of azo groups is 1. The molecule has 0 aliphatic carbocycles. The van der Waals surface area contributed by atoms with E-state index in [1.165, 1.54) is 0 Å². The highest BCUT2D eigenvalue weighted by Gasteiger charge is 2.05. The van der Waals surface area contributed by atoms with Crippen molar-refractivity contribution in [1.29, 1.82) is 0 Å². The molecule has 0 bridgehead atoms. The molecule has 0 radical (unpaired) electrons. The van der Waals surface area contributed by atoms with Crippen LogP contribution in [0.2, 0.25) is 5.02 Å². The standard InChI is InChI=1S/C16H16Cl3N3/c17-9-11-22(12-10-18)14-7-5-13(6-8-14)20-21-16-4-2-1-3-15(16)19/h1-8H,9-12H2. The zero-order valence-corrected chi connectivity index (χ0v) is 14.2. The molecule has 0 aliphatic heterocycles. The number of benzene rings is 2. The highest BCUT2D eigenvalue weighted by molar-refractivity contribution is 6.32. The third kappa shape index (κ3) is 4.87. The summed E-state index contributed by atoms with van der Waals surface area (Å²) >= 11 is 17.7. The Morgan fingerprint density at radius 2 is 1.45 bits per heavy atom. The minimum absolute atomic E-state index is 0.560. The predicted molar refractivity (Wildman–Crippen MR) is 95.7 cm³/mol. The van der Waals surface area contributed by atoms with E-state index in [4.69, 9.17) is 34.8 Å². The molecule has 0 spiro atoms. The summed E-state index contributed by atoms with van der Waals surface area (Å²) in [4.78, 5) is 2.13.